The number of piperidine rings is 2. The monoisotopic (exact) mass is 293 g/mol. The van der Waals surface area contributed by atoms with Gasteiger partial charge in [0.15, 0.2) is 0 Å². The number of rotatable bonds is 2. The maximum absolute atomic E-state index is 11.4. The summed E-state index contributed by atoms with van der Waals surface area (Å²) in [6, 6.07) is 0. The average Bonchev–Trinajstić information content (AvgIpc) is 2.74. The van der Waals surface area contributed by atoms with Crippen molar-refractivity contribution in [1.29, 1.82) is 0 Å². The van der Waals surface area contributed by atoms with Gasteiger partial charge in [-0.25, -0.2) is 4.68 Å². The van der Waals surface area contributed by atoms with Crippen LogP contribution in [0, 0.1) is 22.5 Å². The van der Waals surface area contributed by atoms with Gasteiger partial charge in [-0.2, -0.15) is 5.10 Å². The Morgan fingerprint density at radius 1 is 1.38 bits per heavy atom. The zero-order valence-electron chi connectivity index (χ0n) is 12.8. The number of anilines is 1. The summed E-state index contributed by atoms with van der Waals surface area (Å²) in [5, 5.41) is 19.1. The van der Waals surface area contributed by atoms with E-state index in [-0.39, 0.29) is 16.0 Å². The van der Waals surface area contributed by atoms with Gasteiger partial charge in [0.2, 0.25) is 5.82 Å². The maximum atomic E-state index is 11.4. The zero-order chi connectivity index (χ0) is 15.0. The molecule has 1 unspecified atom stereocenters. The number of aryl methyl sites for hydroxylation is 2. The van der Waals surface area contributed by atoms with Crippen molar-refractivity contribution < 1.29 is 4.92 Å². The molecule has 0 bridgehead atoms. The van der Waals surface area contributed by atoms with Crippen molar-refractivity contribution in [1.82, 2.24) is 15.1 Å². The van der Waals surface area contributed by atoms with Crippen LogP contribution in [0.4, 0.5) is 11.5 Å². The van der Waals surface area contributed by atoms with E-state index in [1.165, 1.54) is 19.3 Å². The van der Waals surface area contributed by atoms with E-state index < -0.39 is 0 Å². The van der Waals surface area contributed by atoms with Crippen LogP contribution in [0.15, 0.2) is 0 Å². The first-order chi connectivity index (χ1) is 10.0. The van der Waals surface area contributed by atoms with Crippen LogP contribution in [0.3, 0.4) is 0 Å². The van der Waals surface area contributed by atoms with Crippen molar-refractivity contribution >= 4 is 11.5 Å². The number of nitrogens with one attached hydrogen (secondary N) is 1. The third kappa shape index (κ3) is 2.50. The molecule has 7 heteroatoms. The standard InChI is InChI=1S/C14H23N5O2/c1-11-12(19(20)21)13(17(2)16-11)18-8-4-6-14(10-18)5-3-7-15-9-14/h15H,3-10H2,1-2H3. The van der Waals surface area contributed by atoms with Gasteiger partial charge >= 0.3 is 5.69 Å². The van der Waals surface area contributed by atoms with Crippen LogP contribution in [0.2, 0.25) is 0 Å². The van der Waals surface area contributed by atoms with Crippen molar-refractivity contribution in [3.8, 4) is 0 Å². The molecular weight excluding hydrogens is 270 g/mol. The van der Waals surface area contributed by atoms with Crippen LogP contribution in [0.25, 0.3) is 0 Å². The molecule has 2 aliphatic rings. The summed E-state index contributed by atoms with van der Waals surface area (Å²) >= 11 is 0. The van der Waals surface area contributed by atoms with E-state index in [1.807, 2.05) is 0 Å². The lowest BCUT2D eigenvalue weighted by Crippen LogP contribution is -2.51. The lowest BCUT2D eigenvalue weighted by molar-refractivity contribution is -0.384. The highest BCUT2D eigenvalue weighted by Gasteiger charge is 2.39. The third-order valence-corrected chi connectivity index (χ3v) is 4.87. The molecule has 0 aliphatic carbocycles. The molecule has 0 radical (unpaired) electrons. The van der Waals surface area contributed by atoms with Gasteiger partial charge in [-0.1, -0.05) is 0 Å². The number of hydrogen-bond acceptors (Lipinski definition) is 5. The zero-order valence-corrected chi connectivity index (χ0v) is 12.8. The van der Waals surface area contributed by atoms with Gasteiger partial charge in [0.05, 0.1) is 4.92 Å². The molecule has 1 aromatic rings. The number of nitro groups is 1. The largest absolute Gasteiger partial charge is 0.350 e. The summed E-state index contributed by atoms with van der Waals surface area (Å²) in [6.07, 6.45) is 4.70. The van der Waals surface area contributed by atoms with Gasteiger partial charge in [0.1, 0.15) is 5.69 Å². The van der Waals surface area contributed by atoms with Crippen molar-refractivity contribution in [2.24, 2.45) is 12.5 Å². The van der Waals surface area contributed by atoms with Crippen LogP contribution >= 0.6 is 0 Å². The Morgan fingerprint density at radius 2 is 2.14 bits per heavy atom. The molecule has 7 nitrogen and oxygen atoms in total. The predicted octanol–water partition coefficient (Wildman–Crippen LogP) is 1.61. The molecule has 2 aliphatic heterocycles. The second kappa shape index (κ2) is 5.29. The summed E-state index contributed by atoms with van der Waals surface area (Å²) < 4.78 is 1.67. The fourth-order valence-electron chi connectivity index (χ4n) is 3.97. The van der Waals surface area contributed by atoms with Gasteiger partial charge in [0.25, 0.3) is 0 Å². The van der Waals surface area contributed by atoms with Crippen LogP contribution in [-0.2, 0) is 7.05 Å². The van der Waals surface area contributed by atoms with E-state index in [9.17, 15) is 10.1 Å². The van der Waals surface area contributed by atoms with Crippen molar-refractivity contribution in [3.63, 3.8) is 0 Å². The predicted molar refractivity (Wildman–Crippen MR) is 80.6 cm³/mol. The molecule has 2 saturated heterocycles. The summed E-state index contributed by atoms with van der Waals surface area (Å²) in [4.78, 5) is 13.3. The molecule has 1 aromatic heterocycles. The summed E-state index contributed by atoms with van der Waals surface area (Å²) in [5.74, 6) is 0.669. The molecule has 0 saturated carbocycles. The minimum atomic E-state index is -0.294. The Labute approximate surface area is 124 Å². The number of hydrogen-bond donors (Lipinski definition) is 1. The molecule has 1 atom stereocenters. The van der Waals surface area contributed by atoms with E-state index in [0.29, 0.717) is 11.5 Å². The molecule has 0 amide bonds. The van der Waals surface area contributed by atoms with E-state index in [4.69, 9.17) is 0 Å². The first kappa shape index (κ1) is 14.3. The first-order valence-electron chi connectivity index (χ1n) is 7.66. The second-order valence-corrected chi connectivity index (χ2v) is 6.44. The normalized spacial score (nSPS) is 26.3. The second-order valence-electron chi connectivity index (χ2n) is 6.44. The molecule has 3 rings (SSSR count). The SMILES string of the molecule is Cc1nn(C)c(N2CCCC3(CCCNC3)C2)c1[N+](=O)[O-]. The maximum Gasteiger partial charge on any atom is 0.333 e. The quantitative estimate of drug-likeness (QED) is 0.662. The fraction of sp³-hybridized carbons (Fsp3) is 0.786. The molecule has 3 heterocycles. The van der Waals surface area contributed by atoms with Crippen LogP contribution in [0.1, 0.15) is 31.4 Å². The minimum absolute atomic E-state index is 0.165. The van der Waals surface area contributed by atoms with Crippen molar-refractivity contribution in [2.45, 2.75) is 32.6 Å². The summed E-state index contributed by atoms with van der Waals surface area (Å²) in [6.45, 7) is 5.59. The van der Waals surface area contributed by atoms with Gasteiger partial charge in [-0.15, -0.1) is 0 Å². The minimum Gasteiger partial charge on any atom is -0.350 e. The van der Waals surface area contributed by atoms with Crippen molar-refractivity contribution in [3.05, 3.63) is 15.8 Å². The van der Waals surface area contributed by atoms with Gasteiger partial charge in [-0.3, -0.25) is 10.1 Å². The van der Waals surface area contributed by atoms with E-state index in [0.717, 1.165) is 32.6 Å². The molecule has 0 aromatic carbocycles. The first-order valence-corrected chi connectivity index (χ1v) is 7.66. The summed E-state index contributed by atoms with van der Waals surface area (Å²) in [5.41, 5.74) is 0.930. The number of nitrogens with zero attached hydrogens (tertiary/aromatic N) is 4. The third-order valence-electron chi connectivity index (χ3n) is 4.87. The molecular formula is C14H23N5O2. The topological polar surface area (TPSA) is 76.2 Å². The molecule has 1 N–H and O–H groups in total. The Hall–Kier alpha value is -1.63. The lowest BCUT2D eigenvalue weighted by Gasteiger charge is -2.45. The van der Waals surface area contributed by atoms with Gasteiger partial charge < -0.3 is 10.2 Å². The summed E-state index contributed by atoms with van der Waals surface area (Å²) in [7, 11) is 1.80. The van der Waals surface area contributed by atoms with Gasteiger partial charge in [-0.05, 0) is 39.2 Å². The average molecular weight is 293 g/mol. The fourth-order valence-corrected chi connectivity index (χ4v) is 3.97. The Kier molecular flexibility index (Phi) is 3.61. The molecule has 116 valence electrons. The highest BCUT2D eigenvalue weighted by Crippen LogP contribution is 2.40. The molecule has 2 fully saturated rings. The highest BCUT2D eigenvalue weighted by atomic mass is 16.6. The van der Waals surface area contributed by atoms with Gasteiger partial charge in [0, 0.05) is 32.1 Å². The van der Waals surface area contributed by atoms with E-state index in [2.05, 4.69) is 15.3 Å². The van der Waals surface area contributed by atoms with Crippen LogP contribution in [0.5, 0.6) is 0 Å². The van der Waals surface area contributed by atoms with Crippen LogP contribution in [-0.4, -0.2) is 40.9 Å². The Balaban J connectivity index is 1.91. The van der Waals surface area contributed by atoms with Crippen LogP contribution < -0.4 is 10.2 Å². The molecule has 1 spiro atoms. The number of aromatic nitrogens is 2. The molecule has 21 heavy (non-hydrogen) atoms. The van der Waals surface area contributed by atoms with E-state index >= 15 is 0 Å². The van der Waals surface area contributed by atoms with E-state index in [1.54, 1.807) is 18.7 Å². The smallest absolute Gasteiger partial charge is 0.333 e. The highest BCUT2D eigenvalue weighted by molar-refractivity contribution is 5.61. The Bertz CT molecular complexity index is 542. The van der Waals surface area contributed by atoms with Crippen molar-refractivity contribution in [2.75, 3.05) is 31.1 Å². The lowest BCUT2D eigenvalue weighted by atomic mass is 9.74. The Morgan fingerprint density at radius 3 is 2.81 bits per heavy atom.